The topological polar surface area (TPSA) is 50.4 Å². The lowest BCUT2D eigenvalue weighted by Crippen LogP contribution is -2.35. The summed E-state index contributed by atoms with van der Waals surface area (Å²) in [7, 11) is 0. The van der Waals surface area contributed by atoms with Crippen LogP contribution in [0.2, 0.25) is 0 Å². The van der Waals surface area contributed by atoms with E-state index in [0.717, 1.165) is 55.8 Å². The van der Waals surface area contributed by atoms with Crippen molar-refractivity contribution in [3.05, 3.63) is 24.1 Å². The van der Waals surface area contributed by atoms with Crippen LogP contribution in [0.15, 0.2) is 22.8 Å². The lowest BCUT2D eigenvalue weighted by atomic mass is 9.85. The van der Waals surface area contributed by atoms with Crippen LogP contribution in [0.5, 0.6) is 0 Å². The Kier molecular flexibility index (Phi) is 6.41. The van der Waals surface area contributed by atoms with Crippen molar-refractivity contribution in [2.45, 2.75) is 65.5 Å². The van der Waals surface area contributed by atoms with E-state index in [1.54, 1.807) is 6.26 Å². The Bertz CT molecular complexity index is 710. The Balaban J connectivity index is 1.60. The number of aromatic nitrogens is 1. The van der Waals surface area contributed by atoms with Crippen molar-refractivity contribution in [3.8, 4) is 0 Å². The molecule has 1 aliphatic rings. The number of nitrogens with one attached hydrogen (secondary N) is 1. The van der Waals surface area contributed by atoms with E-state index in [2.05, 4.69) is 35.6 Å². The van der Waals surface area contributed by atoms with E-state index in [0.29, 0.717) is 5.92 Å². The van der Waals surface area contributed by atoms with Gasteiger partial charge in [-0.1, -0.05) is 20.3 Å². The van der Waals surface area contributed by atoms with Crippen LogP contribution < -0.4 is 5.32 Å². The van der Waals surface area contributed by atoms with E-state index in [9.17, 15) is 4.79 Å². The van der Waals surface area contributed by atoms with Crippen LogP contribution in [0.1, 0.15) is 63.4 Å². The molecule has 2 aromatic heterocycles. The van der Waals surface area contributed by atoms with Crippen molar-refractivity contribution in [1.82, 2.24) is 14.8 Å². The van der Waals surface area contributed by atoms with Crippen molar-refractivity contribution in [1.29, 1.82) is 0 Å². The number of rotatable bonds is 10. The Morgan fingerprint density at radius 2 is 2.15 bits per heavy atom. The summed E-state index contributed by atoms with van der Waals surface area (Å²) >= 11 is 0. The quantitative estimate of drug-likeness (QED) is 0.689. The van der Waals surface area contributed by atoms with Gasteiger partial charge in [-0.25, -0.2) is 0 Å². The molecule has 0 bridgehead atoms. The molecule has 1 atom stereocenters. The fourth-order valence-corrected chi connectivity index (χ4v) is 3.83. The minimum Gasteiger partial charge on any atom is -0.463 e. The first-order valence-corrected chi connectivity index (χ1v) is 10.2. The van der Waals surface area contributed by atoms with Crippen molar-refractivity contribution in [2.24, 2.45) is 5.92 Å². The van der Waals surface area contributed by atoms with E-state index in [4.69, 9.17) is 4.42 Å². The summed E-state index contributed by atoms with van der Waals surface area (Å²) in [6, 6.07) is 4.04. The second-order valence-corrected chi connectivity index (χ2v) is 7.65. The van der Waals surface area contributed by atoms with Gasteiger partial charge in [0.1, 0.15) is 5.69 Å². The number of carbonyl (C=O) groups excluding carboxylic acids is 1. The third kappa shape index (κ3) is 4.32. The molecular formula is C21H33N3O2. The lowest BCUT2D eigenvalue weighted by Gasteiger charge is -2.27. The third-order valence-electron chi connectivity index (χ3n) is 5.80. The number of nitrogens with zero attached hydrogens (tertiary/aromatic N) is 2. The molecule has 0 aromatic carbocycles. The molecule has 0 radical (unpaired) electrons. The molecule has 2 aromatic rings. The zero-order valence-electron chi connectivity index (χ0n) is 16.5. The Hall–Kier alpha value is -1.75. The molecule has 1 amide bonds. The van der Waals surface area contributed by atoms with E-state index in [1.807, 2.05) is 12.1 Å². The van der Waals surface area contributed by atoms with E-state index in [-0.39, 0.29) is 11.9 Å². The van der Waals surface area contributed by atoms with Gasteiger partial charge in [0.2, 0.25) is 0 Å². The van der Waals surface area contributed by atoms with Gasteiger partial charge in [0, 0.05) is 24.7 Å². The maximum atomic E-state index is 12.9. The third-order valence-corrected chi connectivity index (χ3v) is 5.80. The van der Waals surface area contributed by atoms with Crippen LogP contribution >= 0.6 is 0 Å². The molecule has 1 aliphatic carbocycles. The van der Waals surface area contributed by atoms with Crippen LogP contribution in [0.25, 0.3) is 11.1 Å². The molecule has 1 saturated carbocycles. The zero-order chi connectivity index (χ0) is 18.5. The monoisotopic (exact) mass is 359 g/mol. The molecule has 144 valence electrons. The molecule has 0 saturated heterocycles. The molecule has 0 spiro atoms. The van der Waals surface area contributed by atoms with E-state index in [1.165, 1.54) is 19.3 Å². The van der Waals surface area contributed by atoms with Gasteiger partial charge in [-0.2, -0.15) is 0 Å². The highest BCUT2D eigenvalue weighted by atomic mass is 16.3. The molecular weight excluding hydrogens is 326 g/mol. The highest BCUT2D eigenvalue weighted by Gasteiger charge is 2.24. The lowest BCUT2D eigenvalue weighted by molar-refractivity contribution is 0.0926. The zero-order valence-corrected chi connectivity index (χ0v) is 16.5. The highest BCUT2D eigenvalue weighted by Crippen LogP contribution is 2.31. The van der Waals surface area contributed by atoms with Gasteiger partial charge in [-0.3, -0.25) is 4.79 Å². The summed E-state index contributed by atoms with van der Waals surface area (Å²) in [5, 5.41) is 3.19. The molecule has 3 rings (SSSR count). The second-order valence-electron chi connectivity index (χ2n) is 7.65. The summed E-state index contributed by atoms with van der Waals surface area (Å²) in [6.07, 6.45) is 7.65. The first-order valence-electron chi connectivity index (χ1n) is 10.2. The van der Waals surface area contributed by atoms with Crippen LogP contribution in [-0.4, -0.2) is 41.1 Å². The first-order chi connectivity index (χ1) is 12.6. The Morgan fingerprint density at radius 1 is 1.38 bits per heavy atom. The standard InChI is InChI=1S/C21H33N3O2/c1-4-23(5-2)12-7-8-16(3)22-21(25)19-14-20-18(11-13-26-20)24(19)15-17-9-6-10-17/h11,13-14,16-17H,4-10,12,15H2,1-3H3,(H,22,25). The molecule has 5 nitrogen and oxygen atoms in total. The van der Waals surface area contributed by atoms with Crippen molar-refractivity contribution in [3.63, 3.8) is 0 Å². The van der Waals surface area contributed by atoms with E-state index < -0.39 is 0 Å². The number of amides is 1. The maximum absolute atomic E-state index is 12.9. The van der Waals surface area contributed by atoms with Crippen LogP contribution in [0, 0.1) is 5.92 Å². The van der Waals surface area contributed by atoms with E-state index >= 15 is 0 Å². The summed E-state index contributed by atoms with van der Waals surface area (Å²) in [5.74, 6) is 0.713. The average molecular weight is 360 g/mol. The molecule has 5 heteroatoms. The van der Waals surface area contributed by atoms with Crippen LogP contribution in [0.3, 0.4) is 0 Å². The Morgan fingerprint density at radius 3 is 2.81 bits per heavy atom. The fourth-order valence-electron chi connectivity index (χ4n) is 3.83. The van der Waals surface area contributed by atoms with Gasteiger partial charge in [-0.15, -0.1) is 0 Å². The molecule has 0 aliphatic heterocycles. The van der Waals surface area contributed by atoms with Crippen molar-refractivity contribution >= 4 is 17.0 Å². The molecule has 26 heavy (non-hydrogen) atoms. The smallest absolute Gasteiger partial charge is 0.268 e. The summed E-state index contributed by atoms with van der Waals surface area (Å²) in [6.45, 7) is 10.7. The highest BCUT2D eigenvalue weighted by molar-refractivity contribution is 5.97. The van der Waals surface area contributed by atoms with Crippen molar-refractivity contribution < 1.29 is 9.21 Å². The number of hydrogen-bond donors (Lipinski definition) is 1. The SMILES string of the molecule is CCN(CC)CCCC(C)NC(=O)c1cc2occc2n1CC1CCC1. The van der Waals surface area contributed by atoms with Gasteiger partial charge < -0.3 is 19.2 Å². The predicted molar refractivity (Wildman–Crippen MR) is 105 cm³/mol. The number of carbonyl (C=O) groups is 1. The minimum absolute atomic E-state index is 0.0195. The molecule has 1 unspecified atom stereocenters. The summed E-state index contributed by atoms with van der Waals surface area (Å²) in [5.41, 5.74) is 2.58. The van der Waals surface area contributed by atoms with Gasteiger partial charge in [0.25, 0.3) is 5.91 Å². The van der Waals surface area contributed by atoms with Gasteiger partial charge in [0.05, 0.1) is 11.8 Å². The number of fused-ring (bicyclic) bond motifs is 1. The maximum Gasteiger partial charge on any atom is 0.268 e. The predicted octanol–water partition coefficient (Wildman–Crippen LogP) is 4.27. The van der Waals surface area contributed by atoms with Crippen LogP contribution in [-0.2, 0) is 6.54 Å². The molecule has 2 heterocycles. The summed E-state index contributed by atoms with van der Waals surface area (Å²) < 4.78 is 7.69. The second kappa shape index (κ2) is 8.76. The van der Waals surface area contributed by atoms with Gasteiger partial charge in [0.15, 0.2) is 5.58 Å². The molecule has 1 fully saturated rings. The van der Waals surface area contributed by atoms with Crippen molar-refractivity contribution in [2.75, 3.05) is 19.6 Å². The number of hydrogen-bond acceptors (Lipinski definition) is 3. The summed E-state index contributed by atoms with van der Waals surface area (Å²) in [4.78, 5) is 15.3. The number of furan rings is 1. The average Bonchev–Trinajstić information content (AvgIpc) is 3.16. The van der Waals surface area contributed by atoms with Crippen LogP contribution in [0.4, 0.5) is 0 Å². The minimum atomic E-state index is 0.0195. The largest absolute Gasteiger partial charge is 0.463 e. The van der Waals surface area contributed by atoms with Gasteiger partial charge >= 0.3 is 0 Å². The Labute approximate surface area is 156 Å². The molecule has 1 N–H and O–H groups in total. The normalized spacial score (nSPS) is 16.2. The first kappa shape index (κ1) is 19.0. The fraction of sp³-hybridized carbons (Fsp3) is 0.667. The van der Waals surface area contributed by atoms with Gasteiger partial charge in [-0.05, 0) is 58.2 Å².